The molecule has 0 aliphatic heterocycles. The van der Waals surface area contributed by atoms with E-state index in [1.54, 1.807) is 24.4 Å². The summed E-state index contributed by atoms with van der Waals surface area (Å²) in [4.78, 5) is 16.4. The standard InChI is InChI=1S/C21H18N4O/c22-13-17-8-4-5-9-20(17)25-19-12-18(14-23-15-19)21(26)24-11-10-16-6-2-1-3-7-16/h1-9,12,14-15,25H,10-11H2,(H,24,26). The number of aromatic nitrogens is 1. The van der Waals surface area contributed by atoms with E-state index in [-0.39, 0.29) is 5.91 Å². The zero-order valence-electron chi connectivity index (χ0n) is 14.1. The number of carbonyl (C=O) groups excluding carboxylic acids is 1. The Labute approximate surface area is 152 Å². The molecule has 0 unspecified atom stereocenters. The molecule has 26 heavy (non-hydrogen) atoms. The topological polar surface area (TPSA) is 77.8 Å². The van der Waals surface area contributed by atoms with E-state index in [1.165, 1.54) is 11.8 Å². The second-order valence-corrected chi connectivity index (χ2v) is 5.74. The molecule has 0 radical (unpaired) electrons. The van der Waals surface area contributed by atoms with Gasteiger partial charge in [-0.25, -0.2) is 0 Å². The number of amides is 1. The monoisotopic (exact) mass is 342 g/mol. The van der Waals surface area contributed by atoms with Crippen molar-refractivity contribution in [2.75, 3.05) is 11.9 Å². The van der Waals surface area contributed by atoms with Crippen molar-refractivity contribution >= 4 is 17.3 Å². The number of rotatable bonds is 6. The van der Waals surface area contributed by atoms with Crippen LogP contribution in [0, 0.1) is 11.3 Å². The average Bonchev–Trinajstić information content (AvgIpc) is 2.69. The van der Waals surface area contributed by atoms with Crippen molar-refractivity contribution in [2.45, 2.75) is 6.42 Å². The van der Waals surface area contributed by atoms with Crippen molar-refractivity contribution in [3.05, 3.63) is 89.7 Å². The molecule has 2 N–H and O–H groups in total. The van der Waals surface area contributed by atoms with Crippen LogP contribution in [0.3, 0.4) is 0 Å². The van der Waals surface area contributed by atoms with Crippen molar-refractivity contribution in [2.24, 2.45) is 0 Å². The first-order valence-corrected chi connectivity index (χ1v) is 8.29. The number of benzene rings is 2. The summed E-state index contributed by atoms with van der Waals surface area (Å²) in [6, 6.07) is 21.0. The number of nitrogens with one attached hydrogen (secondary N) is 2. The minimum absolute atomic E-state index is 0.175. The summed E-state index contributed by atoms with van der Waals surface area (Å²) < 4.78 is 0. The van der Waals surface area contributed by atoms with Crippen LogP contribution < -0.4 is 10.6 Å². The van der Waals surface area contributed by atoms with Gasteiger partial charge in [-0.2, -0.15) is 5.26 Å². The number of nitrogens with zero attached hydrogens (tertiary/aromatic N) is 2. The van der Waals surface area contributed by atoms with Crippen LogP contribution >= 0.6 is 0 Å². The summed E-state index contributed by atoms with van der Waals surface area (Å²) >= 11 is 0. The highest BCUT2D eigenvalue weighted by molar-refractivity contribution is 5.94. The Kier molecular flexibility index (Phi) is 5.58. The first-order chi connectivity index (χ1) is 12.8. The van der Waals surface area contributed by atoms with Crippen molar-refractivity contribution in [1.82, 2.24) is 10.3 Å². The predicted molar refractivity (Wildman–Crippen MR) is 101 cm³/mol. The molecule has 1 aromatic heterocycles. The summed E-state index contributed by atoms with van der Waals surface area (Å²) in [6.07, 6.45) is 3.92. The van der Waals surface area contributed by atoms with Gasteiger partial charge >= 0.3 is 0 Å². The molecule has 5 nitrogen and oxygen atoms in total. The van der Waals surface area contributed by atoms with E-state index in [0.717, 1.165) is 6.42 Å². The number of para-hydroxylation sites is 1. The third kappa shape index (κ3) is 4.46. The number of nitriles is 1. The molecule has 5 heteroatoms. The Bertz CT molecular complexity index is 932. The SMILES string of the molecule is N#Cc1ccccc1Nc1cncc(C(=O)NCCc2ccccc2)c1. The van der Waals surface area contributed by atoms with Crippen molar-refractivity contribution < 1.29 is 4.79 Å². The third-order valence-electron chi connectivity index (χ3n) is 3.87. The van der Waals surface area contributed by atoms with E-state index in [9.17, 15) is 4.79 Å². The van der Waals surface area contributed by atoms with Gasteiger partial charge in [0, 0.05) is 12.7 Å². The zero-order valence-corrected chi connectivity index (χ0v) is 14.1. The fourth-order valence-electron chi connectivity index (χ4n) is 2.54. The molecule has 0 fully saturated rings. The molecule has 0 saturated heterocycles. The van der Waals surface area contributed by atoms with Gasteiger partial charge in [-0.3, -0.25) is 9.78 Å². The molecule has 0 aliphatic carbocycles. The van der Waals surface area contributed by atoms with Crippen molar-refractivity contribution in [3.8, 4) is 6.07 Å². The number of hydrogen-bond acceptors (Lipinski definition) is 4. The predicted octanol–water partition coefficient (Wildman–Crippen LogP) is 3.67. The Hall–Kier alpha value is -3.65. The van der Waals surface area contributed by atoms with E-state index in [1.807, 2.05) is 42.5 Å². The maximum Gasteiger partial charge on any atom is 0.252 e. The van der Waals surface area contributed by atoms with Crippen LogP contribution in [0.25, 0.3) is 0 Å². The van der Waals surface area contributed by atoms with Crippen LogP contribution in [0.5, 0.6) is 0 Å². The lowest BCUT2D eigenvalue weighted by Crippen LogP contribution is -2.25. The average molecular weight is 342 g/mol. The van der Waals surface area contributed by atoms with Gasteiger partial charge in [-0.1, -0.05) is 42.5 Å². The molecule has 0 aliphatic rings. The highest BCUT2D eigenvalue weighted by Crippen LogP contribution is 2.20. The number of pyridine rings is 1. The zero-order chi connectivity index (χ0) is 18.2. The molecule has 2 aromatic carbocycles. The second kappa shape index (κ2) is 8.45. The minimum atomic E-state index is -0.175. The normalized spacial score (nSPS) is 9.96. The number of carbonyl (C=O) groups is 1. The Morgan fingerprint density at radius 2 is 1.81 bits per heavy atom. The second-order valence-electron chi connectivity index (χ2n) is 5.74. The largest absolute Gasteiger partial charge is 0.353 e. The molecule has 3 rings (SSSR count). The maximum atomic E-state index is 12.3. The van der Waals surface area contributed by atoms with E-state index in [4.69, 9.17) is 5.26 Å². The van der Waals surface area contributed by atoms with E-state index in [0.29, 0.717) is 29.0 Å². The molecular formula is C21H18N4O. The first-order valence-electron chi connectivity index (χ1n) is 8.29. The molecule has 128 valence electrons. The molecule has 0 atom stereocenters. The van der Waals surface area contributed by atoms with Crippen LogP contribution in [0.15, 0.2) is 73.1 Å². The quantitative estimate of drug-likeness (QED) is 0.716. The van der Waals surface area contributed by atoms with Gasteiger partial charge in [0.15, 0.2) is 0 Å². The summed E-state index contributed by atoms with van der Waals surface area (Å²) in [5.74, 6) is -0.175. The van der Waals surface area contributed by atoms with Gasteiger partial charge in [-0.15, -0.1) is 0 Å². The first kappa shape index (κ1) is 17.2. The molecule has 3 aromatic rings. The molecule has 1 heterocycles. The van der Waals surface area contributed by atoms with Crippen molar-refractivity contribution in [1.29, 1.82) is 5.26 Å². The third-order valence-corrected chi connectivity index (χ3v) is 3.87. The minimum Gasteiger partial charge on any atom is -0.353 e. The Morgan fingerprint density at radius 3 is 2.62 bits per heavy atom. The highest BCUT2D eigenvalue weighted by Gasteiger charge is 2.08. The summed E-state index contributed by atoms with van der Waals surface area (Å²) in [5, 5.41) is 15.2. The van der Waals surface area contributed by atoms with E-state index < -0.39 is 0 Å². The van der Waals surface area contributed by atoms with E-state index >= 15 is 0 Å². The fraction of sp³-hybridized carbons (Fsp3) is 0.0952. The van der Waals surface area contributed by atoms with Crippen LogP contribution in [-0.2, 0) is 6.42 Å². The molecular weight excluding hydrogens is 324 g/mol. The maximum absolute atomic E-state index is 12.3. The van der Waals surface area contributed by atoms with Gasteiger partial charge in [0.25, 0.3) is 5.91 Å². The molecule has 1 amide bonds. The lowest BCUT2D eigenvalue weighted by molar-refractivity contribution is 0.0954. The van der Waals surface area contributed by atoms with Crippen LogP contribution in [0.1, 0.15) is 21.5 Å². The Morgan fingerprint density at radius 1 is 1.04 bits per heavy atom. The lowest BCUT2D eigenvalue weighted by Gasteiger charge is -2.10. The van der Waals surface area contributed by atoms with Gasteiger partial charge in [0.1, 0.15) is 6.07 Å². The van der Waals surface area contributed by atoms with Crippen LogP contribution in [-0.4, -0.2) is 17.4 Å². The molecule has 0 spiro atoms. The van der Waals surface area contributed by atoms with E-state index in [2.05, 4.69) is 21.7 Å². The van der Waals surface area contributed by atoms with Gasteiger partial charge in [-0.05, 0) is 30.2 Å². The van der Waals surface area contributed by atoms with Gasteiger partial charge in [0.05, 0.1) is 28.7 Å². The summed E-state index contributed by atoms with van der Waals surface area (Å²) in [5.41, 5.74) is 3.51. The summed E-state index contributed by atoms with van der Waals surface area (Å²) in [6.45, 7) is 0.553. The highest BCUT2D eigenvalue weighted by atomic mass is 16.1. The van der Waals surface area contributed by atoms with Crippen LogP contribution in [0.4, 0.5) is 11.4 Å². The number of hydrogen-bond donors (Lipinski definition) is 2. The van der Waals surface area contributed by atoms with Crippen molar-refractivity contribution in [3.63, 3.8) is 0 Å². The van der Waals surface area contributed by atoms with Gasteiger partial charge < -0.3 is 10.6 Å². The lowest BCUT2D eigenvalue weighted by atomic mass is 10.1. The Balaban J connectivity index is 1.63. The molecule has 0 bridgehead atoms. The molecule has 0 saturated carbocycles. The smallest absolute Gasteiger partial charge is 0.252 e. The van der Waals surface area contributed by atoms with Crippen LogP contribution in [0.2, 0.25) is 0 Å². The van der Waals surface area contributed by atoms with Gasteiger partial charge in [0.2, 0.25) is 0 Å². The summed E-state index contributed by atoms with van der Waals surface area (Å²) in [7, 11) is 0. The fourth-order valence-corrected chi connectivity index (χ4v) is 2.54. The number of anilines is 2.